The van der Waals surface area contributed by atoms with E-state index in [1.165, 1.54) is 9.13 Å². The minimum Gasteiger partial charge on any atom is -0.389 e. The van der Waals surface area contributed by atoms with E-state index in [1.54, 1.807) is 0 Å². The van der Waals surface area contributed by atoms with Crippen molar-refractivity contribution < 1.29 is 5.11 Å². The summed E-state index contributed by atoms with van der Waals surface area (Å²) in [4.78, 5) is 0. The topological polar surface area (TPSA) is 32.3 Å². The Morgan fingerprint density at radius 2 is 1.89 bits per heavy atom. The molecular formula is C16H24INO. The molecule has 0 aromatic heterocycles. The molecule has 2 nitrogen and oxygen atoms in total. The molecular weight excluding hydrogens is 349 g/mol. The lowest BCUT2D eigenvalue weighted by molar-refractivity contribution is -0.00783. The zero-order valence-corrected chi connectivity index (χ0v) is 14.0. The van der Waals surface area contributed by atoms with Crippen LogP contribution in [0.4, 0.5) is 0 Å². The molecule has 2 rings (SSSR count). The number of halogens is 1. The summed E-state index contributed by atoms with van der Waals surface area (Å²) in [7, 11) is 0. The molecule has 1 saturated carbocycles. The summed E-state index contributed by atoms with van der Waals surface area (Å²) in [5.74, 6) is 0.772. The Balaban J connectivity index is 1.86. The monoisotopic (exact) mass is 373 g/mol. The van der Waals surface area contributed by atoms with Crippen LogP contribution in [0.15, 0.2) is 24.3 Å². The Kier molecular flexibility index (Phi) is 5.26. The second-order valence-corrected chi connectivity index (χ2v) is 7.31. The van der Waals surface area contributed by atoms with E-state index in [1.807, 2.05) is 0 Å². The van der Waals surface area contributed by atoms with Gasteiger partial charge in [0.15, 0.2) is 0 Å². The molecule has 1 aliphatic rings. The molecule has 1 atom stereocenters. The van der Waals surface area contributed by atoms with Crippen molar-refractivity contribution in [1.82, 2.24) is 5.32 Å². The lowest BCUT2D eigenvalue weighted by Crippen LogP contribution is -2.44. The third-order valence-electron chi connectivity index (χ3n) is 4.31. The van der Waals surface area contributed by atoms with Gasteiger partial charge in [-0.3, -0.25) is 0 Å². The summed E-state index contributed by atoms with van der Waals surface area (Å²) < 4.78 is 1.26. The Morgan fingerprint density at radius 3 is 2.47 bits per heavy atom. The van der Waals surface area contributed by atoms with Crippen LogP contribution in [-0.4, -0.2) is 17.3 Å². The number of hydrogen-bond donors (Lipinski definition) is 2. The fourth-order valence-corrected chi connectivity index (χ4v) is 3.05. The first-order valence-electron chi connectivity index (χ1n) is 7.20. The quantitative estimate of drug-likeness (QED) is 0.785. The first-order chi connectivity index (χ1) is 8.98. The Hall–Kier alpha value is -0.130. The SMILES string of the molecule is CC1CCC(O)(CNC(C)c2ccc(I)cc2)CC1. The molecule has 1 aliphatic carbocycles. The normalized spacial score (nSPS) is 29.2. The average Bonchev–Trinajstić information content (AvgIpc) is 2.41. The molecule has 106 valence electrons. The summed E-state index contributed by atoms with van der Waals surface area (Å²) in [6.45, 7) is 5.14. The van der Waals surface area contributed by atoms with Crippen LogP contribution >= 0.6 is 22.6 Å². The van der Waals surface area contributed by atoms with Crippen molar-refractivity contribution in [3.8, 4) is 0 Å². The van der Waals surface area contributed by atoms with E-state index in [-0.39, 0.29) is 0 Å². The van der Waals surface area contributed by atoms with Crippen LogP contribution in [0.2, 0.25) is 0 Å². The van der Waals surface area contributed by atoms with Gasteiger partial charge in [0.1, 0.15) is 0 Å². The number of rotatable bonds is 4. The van der Waals surface area contributed by atoms with Crippen molar-refractivity contribution >= 4 is 22.6 Å². The maximum Gasteiger partial charge on any atom is 0.0772 e. The average molecular weight is 373 g/mol. The molecule has 1 aromatic carbocycles. The van der Waals surface area contributed by atoms with Crippen LogP contribution in [-0.2, 0) is 0 Å². The Morgan fingerprint density at radius 1 is 1.32 bits per heavy atom. The van der Waals surface area contributed by atoms with Crippen LogP contribution < -0.4 is 5.32 Å². The molecule has 0 heterocycles. The van der Waals surface area contributed by atoms with Crippen molar-refractivity contribution in [2.75, 3.05) is 6.54 Å². The summed E-state index contributed by atoms with van der Waals surface area (Å²) in [5, 5.41) is 14.1. The fraction of sp³-hybridized carbons (Fsp3) is 0.625. The molecule has 1 unspecified atom stereocenters. The van der Waals surface area contributed by atoms with Gasteiger partial charge in [0, 0.05) is 16.2 Å². The summed E-state index contributed by atoms with van der Waals surface area (Å²) in [5.41, 5.74) is 0.789. The van der Waals surface area contributed by atoms with E-state index in [4.69, 9.17) is 0 Å². The minimum absolute atomic E-state index is 0.292. The lowest BCUT2D eigenvalue weighted by atomic mass is 9.79. The van der Waals surface area contributed by atoms with Gasteiger partial charge in [-0.2, -0.15) is 0 Å². The molecule has 1 aromatic rings. The highest BCUT2D eigenvalue weighted by molar-refractivity contribution is 14.1. The molecule has 0 spiro atoms. The standard InChI is InChI=1S/C16H24INO/c1-12-7-9-16(19,10-8-12)11-18-13(2)14-3-5-15(17)6-4-14/h3-6,12-13,18-19H,7-11H2,1-2H3. The maximum absolute atomic E-state index is 10.6. The van der Waals surface area contributed by atoms with Gasteiger partial charge in [0.05, 0.1) is 5.60 Å². The van der Waals surface area contributed by atoms with E-state index >= 15 is 0 Å². The van der Waals surface area contributed by atoms with E-state index in [9.17, 15) is 5.11 Å². The highest BCUT2D eigenvalue weighted by Gasteiger charge is 2.31. The summed E-state index contributed by atoms with van der Waals surface area (Å²) in [6, 6.07) is 8.87. The predicted molar refractivity (Wildman–Crippen MR) is 88.2 cm³/mol. The first-order valence-corrected chi connectivity index (χ1v) is 8.28. The lowest BCUT2D eigenvalue weighted by Gasteiger charge is -2.36. The van der Waals surface area contributed by atoms with Crippen molar-refractivity contribution in [3.63, 3.8) is 0 Å². The van der Waals surface area contributed by atoms with Gasteiger partial charge in [-0.25, -0.2) is 0 Å². The Bertz CT molecular complexity index is 396. The number of benzene rings is 1. The second-order valence-electron chi connectivity index (χ2n) is 6.06. The van der Waals surface area contributed by atoms with Crippen molar-refractivity contribution in [1.29, 1.82) is 0 Å². The molecule has 1 fully saturated rings. The number of hydrogen-bond acceptors (Lipinski definition) is 2. The van der Waals surface area contributed by atoms with Gasteiger partial charge >= 0.3 is 0 Å². The van der Waals surface area contributed by atoms with Crippen LogP contribution in [0.3, 0.4) is 0 Å². The zero-order valence-electron chi connectivity index (χ0n) is 11.8. The van der Waals surface area contributed by atoms with Gasteiger partial charge in [-0.05, 0) is 78.8 Å². The number of aliphatic hydroxyl groups is 1. The molecule has 0 saturated heterocycles. The molecule has 0 amide bonds. The van der Waals surface area contributed by atoms with E-state index in [2.05, 4.69) is 66.0 Å². The van der Waals surface area contributed by atoms with Gasteiger partial charge < -0.3 is 10.4 Å². The minimum atomic E-state index is -0.496. The molecule has 0 aliphatic heterocycles. The molecule has 0 bridgehead atoms. The van der Waals surface area contributed by atoms with Crippen molar-refractivity contribution in [3.05, 3.63) is 33.4 Å². The third-order valence-corrected chi connectivity index (χ3v) is 5.03. The Labute approximate surface area is 130 Å². The highest BCUT2D eigenvalue weighted by Crippen LogP contribution is 2.31. The highest BCUT2D eigenvalue weighted by atomic mass is 127. The van der Waals surface area contributed by atoms with Crippen molar-refractivity contribution in [2.45, 2.75) is 51.2 Å². The first kappa shape index (κ1) is 15.3. The second kappa shape index (κ2) is 6.55. The van der Waals surface area contributed by atoms with Crippen LogP contribution in [0, 0.1) is 9.49 Å². The van der Waals surface area contributed by atoms with Crippen LogP contribution in [0.1, 0.15) is 51.1 Å². The molecule has 2 N–H and O–H groups in total. The van der Waals surface area contributed by atoms with Crippen molar-refractivity contribution in [2.24, 2.45) is 5.92 Å². The molecule has 3 heteroatoms. The predicted octanol–water partition coefficient (Wildman–Crippen LogP) is 3.88. The van der Waals surface area contributed by atoms with E-state index in [0.29, 0.717) is 12.6 Å². The van der Waals surface area contributed by atoms with Gasteiger partial charge in [0.2, 0.25) is 0 Å². The molecule has 0 radical (unpaired) electrons. The van der Waals surface area contributed by atoms with Crippen LogP contribution in [0.5, 0.6) is 0 Å². The van der Waals surface area contributed by atoms with Crippen LogP contribution in [0.25, 0.3) is 0 Å². The van der Waals surface area contributed by atoms with Gasteiger partial charge in [-0.1, -0.05) is 19.1 Å². The summed E-state index contributed by atoms with van der Waals surface area (Å²) >= 11 is 2.32. The van der Waals surface area contributed by atoms with E-state index in [0.717, 1.165) is 31.6 Å². The zero-order chi connectivity index (χ0) is 13.9. The maximum atomic E-state index is 10.6. The van der Waals surface area contributed by atoms with E-state index < -0.39 is 5.60 Å². The number of nitrogens with one attached hydrogen (secondary N) is 1. The van der Waals surface area contributed by atoms with Gasteiger partial charge in [-0.15, -0.1) is 0 Å². The fourth-order valence-electron chi connectivity index (χ4n) is 2.69. The molecule has 19 heavy (non-hydrogen) atoms. The smallest absolute Gasteiger partial charge is 0.0772 e. The summed E-state index contributed by atoms with van der Waals surface area (Å²) in [6.07, 6.45) is 4.16. The van der Waals surface area contributed by atoms with Gasteiger partial charge in [0.25, 0.3) is 0 Å². The largest absolute Gasteiger partial charge is 0.389 e. The third kappa shape index (κ3) is 4.43.